The lowest BCUT2D eigenvalue weighted by Gasteiger charge is -2.30. The second kappa shape index (κ2) is 4.66. The van der Waals surface area contributed by atoms with Crippen molar-refractivity contribution in [2.75, 3.05) is 11.4 Å². The number of hydrogen-bond donors (Lipinski definition) is 2. The van der Waals surface area contributed by atoms with Gasteiger partial charge in [0.15, 0.2) is 0 Å². The highest BCUT2D eigenvalue weighted by atomic mass is 32.1. The Morgan fingerprint density at radius 1 is 1.37 bits per heavy atom. The summed E-state index contributed by atoms with van der Waals surface area (Å²) in [6.45, 7) is 1.67. The molecule has 0 saturated carbocycles. The smallest absolute Gasteiger partial charge is 0.125 e. The molecule has 3 N–H and O–H groups in total. The number of rotatable bonds is 2. The fraction of sp³-hybridized carbons (Fsp3) is 0.214. The number of nitrogens with two attached hydrogens (primary N) is 1. The van der Waals surface area contributed by atoms with Crippen molar-refractivity contribution < 1.29 is 4.39 Å². The number of nitrogens with zero attached hydrogens (tertiary/aromatic N) is 1. The van der Waals surface area contributed by atoms with Crippen LogP contribution in [-0.2, 0) is 13.0 Å². The zero-order chi connectivity index (χ0) is 13.4. The molecule has 0 bridgehead atoms. The van der Waals surface area contributed by atoms with Crippen LogP contribution in [0.15, 0.2) is 29.6 Å². The van der Waals surface area contributed by atoms with Crippen LogP contribution in [0, 0.1) is 11.2 Å². The second-order valence-electron chi connectivity index (χ2n) is 4.62. The standard InChI is InChI=1S/C14H14FN3S/c15-10-1-2-12(11(7-10)14(16)17)18-5-3-13-9(8-18)4-6-19-13/h1-2,4,6-7H,3,5,8H2,(H3,16,17). The molecule has 0 fully saturated rings. The van der Waals surface area contributed by atoms with Crippen LogP contribution in [0.1, 0.15) is 16.0 Å². The number of thiophene rings is 1. The predicted octanol–water partition coefficient (Wildman–Crippen LogP) is 2.73. The van der Waals surface area contributed by atoms with Gasteiger partial charge in [-0.05, 0) is 41.6 Å². The van der Waals surface area contributed by atoms with Gasteiger partial charge in [-0.15, -0.1) is 11.3 Å². The molecule has 3 rings (SSSR count). The molecule has 0 atom stereocenters. The first-order valence-corrected chi connectivity index (χ1v) is 6.97. The zero-order valence-electron chi connectivity index (χ0n) is 10.3. The minimum atomic E-state index is -0.359. The SMILES string of the molecule is N=C(N)c1cc(F)ccc1N1CCc2sccc2C1. The molecular formula is C14H14FN3S. The molecule has 0 unspecified atom stereocenters. The van der Waals surface area contributed by atoms with Crippen LogP contribution in [0.3, 0.4) is 0 Å². The van der Waals surface area contributed by atoms with E-state index >= 15 is 0 Å². The van der Waals surface area contributed by atoms with Crippen LogP contribution < -0.4 is 10.6 Å². The first kappa shape index (κ1) is 12.2. The molecule has 1 aromatic carbocycles. The number of anilines is 1. The molecule has 0 saturated heterocycles. The number of halogens is 1. The predicted molar refractivity (Wildman–Crippen MR) is 76.5 cm³/mol. The van der Waals surface area contributed by atoms with Gasteiger partial charge in [0, 0.05) is 29.2 Å². The Balaban J connectivity index is 1.98. The third kappa shape index (κ3) is 2.21. The summed E-state index contributed by atoms with van der Waals surface area (Å²) in [5.74, 6) is -0.451. The molecule has 1 aromatic heterocycles. The first-order valence-electron chi connectivity index (χ1n) is 6.09. The third-order valence-electron chi connectivity index (χ3n) is 3.40. The van der Waals surface area contributed by atoms with Gasteiger partial charge in [-0.1, -0.05) is 0 Å². The summed E-state index contributed by atoms with van der Waals surface area (Å²) < 4.78 is 13.3. The van der Waals surface area contributed by atoms with Crippen LogP contribution in [0.2, 0.25) is 0 Å². The monoisotopic (exact) mass is 275 g/mol. The maximum Gasteiger partial charge on any atom is 0.125 e. The summed E-state index contributed by atoms with van der Waals surface area (Å²) in [5.41, 5.74) is 8.18. The van der Waals surface area contributed by atoms with Gasteiger partial charge >= 0.3 is 0 Å². The summed E-state index contributed by atoms with van der Waals surface area (Å²) >= 11 is 1.78. The molecular weight excluding hydrogens is 261 g/mol. The van der Waals surface area contributed by atoms with E-state index in [0.29, 0.717) is 5.56 Å². The van der Waals surface area contributed by atoms with Crippen molar-refractivity contribution >= 4 is 22.9 Å². The molecule has 2 heterocycles. The van der Waals surface area contributed by atoms with Gasteiger partial charge < -0.3 is 10.6 Å². The molecule has 0 radical (unpaired) electrons. The zero-order valence-corrected chi connectivity index (χ0v) is 11.1. The summed E-state index contributed by atoms with van der Waals surface area (Å²) in [6.07, 6.45) is 0.988. The van der Waals surface area contributed by atoms with Gasteiger partial charge in [0.1, 0.15) is 11.7 Å². The van der Waals surface area contributed by atoms with Crippen molar-refractivity contribution in [1.82, 2.24) is 0 Å². The third-order valence-corrected chi connectivity index (χ3v) is 4.42. The van der Waals surface area contributed by atoms with E-state index in [1.54, 1.807) is 17.4 Å². The fourth-order valence-electron chi connectivity index (χ4n) is 2.45. The second-order valence-corrected chi connectivity index (χ2v) is 5.62. The minimum Gasteiger partial charge on any atom is -0.384 e. The number of fused-ring (bicyclic) bond motifs is 1. The largest absolute Gasteiger partial charge is 0.384 e. The normalized spacial score (nSPS) is 14.3. The van der Waals surface area contributed by atoms with E-state index in [1.165, 1.54) is 22.6 Å². The highest BCUT2D eigenvalue weighted by Crippen LogP contribution is 2.30. The molecule has 98 valence electrons. The Hall–Kier alpha value is -1.88. The van der Waals surface area contributed by atoms with Gasteiger partial charge in [-0.25, -0.2) is 4.39 Å². The van der Waals surface area contributed by atoms with Crippen molar-refractivity contribution in [1.29, 1.82) is 5.41 Å². The number of amidine groups is 1. The highest BCUT2D eigenvalue weighted by Gasteiger charge is 2.20. The average molecular weight is 275 g/mol. The lowest BCUT2D eigenvalue weighted by molar-refractivity contribution is 0.626. The maximum atomic E-state index is 13.3. The summed E-state index contributed by atoms with van der Waals surface area (Å²) in [4.78, 5) is 3.58. The minimum absolute atomic E-state index is 0.0920. The molecule has 2 aromatic rings. The van der Waals surface area contributed by atoms with Crippen LogP contribution in [-0.4, -0.2) is 12.4 Å². The fourth-order valence-corrected chi connectivity index (χ4v) is 3.34. The number of nitrogens with one attached hydrogen (secondary N) is 1. The highest BCUT2D eigenvalue weighted by molar-refractivity contribution is 7.10. The van der Waals surface area contributed by atoms with E-state index < -0.39 is 0 Å². The average Bonchev–Trinajstić information content (AvgIpc) is 2.85. The van der Waals surface area contributed by atoms with E-state index in [1.807, 2.05) is 0 Å². The Morgan fingerprint density at radius 2 is 2.21 bits per heavy atom. The van der Waals surface area contributed by atoms with Crippen LogP contribution in [0.5, 0.6) is 0 Å². The Kier molecular flexibility index (Phi) is 2.98. The van der Waals surface area contributed by atoms with Crippen LogP contribution in [0.25, 0.3) is 0 Å². The number of benzene rings is 1. The van der Waals surface area contributed by atoms with Gasteiger partial charge in [-0.2, -0.15) is 0 Å². The Labute approximate surface area is 115 Å². The molecule has 1 aliphatic heterocycles. The summed E-state index contributed by atoms with van der Waals surface area (Å²) in [5, 5.41) is 9.69. The van der Waals surface area contributed by atoms with Gasteiger partial charge in [0.25, 0.3) is 0 Å². The lowest BCUT2D eigenvalue weighted by atomic mass is 10.1. The number of nitrogen functional groups attached to an aromatic ring is 1. The van der Waals surface area contributed by atoms with Gasteiger partial charge in [0.05, 0.1) is 0 Å². The van der Waals surface area contributed by atoms with E-state index in [0.717, 1.165) is 25.2 Å². The molecule has 19 heavy (non-hydrogen) atoms. The van der Waals surface area contributed by atoms with E-state index in [-0.39, 0.29) is 11.7 Å². The molecule has 1 aliphatic rings. The Morgan fingerprint density at radius 3 is 3.00 bits per heavy atom. The molecule has 5 heteroatoms. The molecule has 0 aliphatic carbocycles. The summed E-state index contributed by atoms with van der Waals surface area (Å²) in [7, 11) is 0. The quantitative estimate of drug-likeness (QED) is 0.654. The lowest BCUT2D eigenvalue weighted by Crippen LogP contribution is -2.31. The van der Waals surface area contributed by atoms with Crippen molar-refractivity contribution in [2.24, 2.45) is 5.73 Å². The first-order chi connectivity index (χ1) is 9.15. The summed E-state index contributed by atoms with van der Waals surface area (Å²) in [6, 6.07) is 6.60. The molecule has 3 nitrogen and oxygen atoms in total. The van der Waals surface area contributed by atoms with E-state index in [2.05, 4.69) is 16.3 Å². The molecule has 0 amide bonds. The Bertz CT molecular complexity index is 635. The number of hydrogen-bond acceptors (Lipinski definition) is 3. The van der Waals surface area contributed by atoms with Crippen LogP contribution >= 0.6 is 11.3 Å². The van der Waals surface area contributed by atoms with Crippen molar-refractivity contribution in [3.05, 3.63) is 51.5 Å². The van der Waals surface area contributed by atoms with E-state index in [4.69, 9.17) is 11.1 Å². The van der Waals surface area contributed by atoms with Crippen molar-refractivity contribution in [3.63, 3.8) is 0 Å². The molecule has 0 spiro atoms. The van der Waals surface area contributed by atoms with Gasteiger partial charge in [-0.3, -0.25) is 5.41 Å². The van der Waals surface area contributed by atoms with Crippen LogP contribution in [0.4, 0.5) is 10.1 Å². The maximum absolute atomic E-state index is 13.3. The van der Waals surface area contributed by atoms with Gasteiger partial charge in [0.2, 0.25) is 0 Å². The topological polar surface area (TPSA) is 53.1 Å². The van der Waals surface area contributed by atoms with E-state index in [9.17, 15) is 4.39 Å². The van der Waals surface area contributed by atoms with Crippen molar-refractivity contribution in [3.8, 4) is 0 Å². The van der Waals surface area contributed by atoms with Crippen molar-refractivity contribution in [2.45, 2.75) is 13.0 Å².